The van der Waals surface area contributed by atoms with Crippen LogP contribution in [0.15, 0.2) is 6.33 Å². The molecule has 2 fully saturated rings. The Kier molecular flexibility index (Phi) is 5.47. The molecule has 0 spiro atoms. The number of amides is 1. The topological polar surface area (TPSA) is 83.3 Å². The molecule has 4 heterocycles. The first-order chi connectivity index (χ1) is 13.3. The van der Waals surface area contributed by atoms with E-state index in [0.717, 1.165) is 75.6 Å². The van der Waals surface area contributed by atoms with Gasteiger partial charge in [-0.2, -0.15) is 0 Å². The molecule has 0 aromatic carbocycles. The van der Waals surface area contributed by atoms with Crippen LogP contribution >= 0.6 is 0 Å². The number of carbonyl (C=O) groups is 1. The summed E-state index contributed by atoms with van der Waals surface area (Å²) in [5, 5.41) is 8.43. The van der Waals surface area contributed by atoms with Crippen molar-refractivity contribution in [1.82, 2.24) is 34.8 Å². The van der Waals surface area contributed by atoms with Crippen LogP contribution in [0.5, 0.6) is 0 Å². The minimum atomic E-state index is 0.278. The van der Waals surface area contributed by atoms with Gasteiger partial charge in [0.05, 0.1) is 6.54 Å². The Labute approximate surface area is 159 Å². The van der Waals surface area contributed by atoms with E-state index in [1.807, 2.05) is 6.92 Å². The fraction of sp³-hybridized carbons (Fsp3) is 0.722. The lowest BCUT2D eigenvalue weighted by Crippen LogP contribution is -2.50. The summed E-state index contributed by atoms with van der Waals surface area (Å²) < 4.78 is 1.79. The molecule has 27 heavy (non-hydrogen) atoms. The molecule has 0 saturated carbocycles. The summed E-state index contributed by atoms with van der Waals surface area (Å²) in [6.45, 7) is 8.50. The monoisotopic (exact) mass is 372 g/mol. The minimum Gasteiger partial charge on any atom is -0.352 e. The normalized spacial score (nSPS) is 19.4. The zero-order valence-electron chi connectivity index (χ0n) is 16.0. The molecule has 0 bridgehead atoms. The highest BCUT2D eigenvalue weighted by atomic mass is 16.2. The standard InChI is InChI=1S/C18H28N8O/c1-2-26-18-16(21-22-26)17(19-14-20-18)25-11-9-23(10-12-25)13-15(27)24-7-5-3-4-6-8-24/h14H,2-13H2,1H3. The lowest BCUT2D eigenvalue weighted by Gasteiger charge is -2.35. The van der Waals surface area contributed by atoms with Crippen molar-refractivity contribution in [2.75, 3.05) is 50.7 Å². The van der Waals surface area contributed by atoms with Crippen LogP contribution in [0.1, 0.15) is 32.6 Å². The fourth-order valence-electron chi connectivity index (χ4n) is 3.95. The van der Waals surface area contributed by atoms with E-state index in [9.17, 15) is 4.79 Å². The smallest absolute Gasteiger partial charge is 0.236 e. The average molecular weight is 372 g/mol. The molecular weight excluding hydrogens is 344 g/mol. The molecule has 9 heteroatoms. The molecule has 1 amide bonds. The van der Waals surface area contributed by atoms with Gasteiger partial charge in [0.1, 0.15) is 6.33 Å². The predicted molar refractivity (Wildman–Crippen MR) is 102 cm³/mol. The molecule has 2 aromatic heterocycles. The van der Waals surface area contributed by atoms with Gasteiger partial charge in [-0.05, 0) is 19.8 Å². The van der Waals surface area contributed by atoms with Gasteiger partial charge in [0.25, 0.3) is 0 Å². The summed E-state index contributed by atoms with van der Waals surface area (Å²) in [6.07, 6.45) is 6.36. The van der Waals surface area contributed by atoms with Crippen molar-refractivity contribution in [1.29, 1.82) is 0 Å². The lowest BCUT2D eigenvalue weighted by molar-refractivity contribution is -0.132. The highest BCUT2D eigenvalue weighted by Gasteiger charge is 2.25. The highest BCUT2D eigenvalue weighted by molar-refractivity contribution is 5.82. The zero-order valence-corrected chi connectivity index (χ0v) is 16.0. The number of likely N-dealkylation sites (tertiary alicyclic amines) is 1. The summed E-state index contributed by atoms with van der Waals surface area (Å²) >= 11 is 0. The molecule has 2 aromatic rings. The van der Waals surface area contributed by atoms with Crippen molar-refractivity contribution in [2.24, 2.45) is 0 Å². The van der Waals surface area contributed by atoms with Crippen LogP contribution in [0.3, 0.4) is 0 Å². The van der Waals surface area contributed by atoms with E-state index in [-0.39, 0.29) is 5.91 Å². The molecule has 146 valence electrons. The van der Waals surface area contributed by atoms with Crippen molar-refractivity contribution < 1.29 is 4.79 Å². The van der Waals surface area contributed by atoms with E-state index in [1.54, 1.807) is 11.0 Å². The Hall–Kier alpha value is -2.29. The van der Waals surface area contributed by atoms with Crippen LogP contribution < -0.4 is 4.90 Å². The second-order valence-corrected chi connectivity index (χ2v) is 7.33. The molecule has 0 N–H and O–H groups in total. The quantitative estimate of drug-likeness (QED) is 0.784. The van der Waals surface area contributed by atoms with Crippen LogP contribution in [0, 0.1) is 0 Å². The molecule has 0 aliphatic carbocycles. The maximum atomic E-state index is 12.6. The minimum absolute atomic E-state index is 0.278. The van der Waals surface area contributed by atoms with Gasteiger partial charge in [0, 0.05) is 45.8 Å². The first-order valence-electron chi connectivity index (χ1n) is 10.1. The Morgan fingerprint density at radius 1 is 1.00 bits per heavy atom. The Balaban J connectivity index is 1.36. The van der Waals surface area contributed by atoms with Crippen LogP contribution in [0.4, 0.5) is 5.82 Å². The first kappa shape index (κ1) is 18.1. The van der Waals surface area contributed by atoms with Crippen LogP contribution in [-0.4, -0.2) is 86.5 Å². The summed E-state index contributed by atoms with van der Waals surface area (Å²) in [4.78, 5) is 27.9. The van der Waals surface area contributed by atoms with Gasteiger partial charge in [0.2, 0.25) is 5.91 Å². The van der Waals surface area contributed by atoms with Crippen LogP contribution in [-0.2, 0) is 11.3 Å². The number of carbonyl (C=O) groups excluding carboxylic acids is 1. The number of hydrogen-bond donors (Lipinski definition) is 0. The van der Waals surface area contributed by atoms with Crippen molar-refractivity contribution in [2.45, 2.75) is 39.2 Å². The van der Waals surface area contributed by atoms with Gasteiger partial charge in [-0.3, -0.25) is 9.69 Å². The largest absolute Gasteiger partial charge is 0.352 e. The molecule has 0 atom stereocenters. The van der Waals surface area contributed by atoms with E-state index in [2.05, 4.69) is 35.0 Å². The third-order valence-corrected chi connectivity index (χ3v) is 5.57. The van der Waals surface area contributed by atoms with Gasteiger partial charge in [0.15, 0.2) is 17.0 Å². The molecule has 0 radical (unpaired) electrons. The predicted octanol–water partition coefficient (Wildman–Crippen LogP) is 0.766. The maximum Gasteiger partial charge on any atom is 0.236 e. The number of nitrogens with zero attached hydrogens (tertiary/aromatic N) is 8. The number of aryl methyl sites for hydroxylation is 1. The zero-order chi connectivity index (χ0) is 18.6. The van der Waals surface area contributed by atoms with Gasteiger partial charge in [-0.1, -0.05) is 18.1 Å². The summed E-state index contributed by atoms with van der Waals surface area (Å²) in [5.74, 6) is 1.12. The second kappa shape index (κ2) is 8.16. The molecular formula is C18H28N8O. The molecule has 2 aliphatic heterocycles. The van der Waals surface area contributed by atoms with Crippen molar-refractivity contribution in [3.05, 3.63) is 6.33 Å². The number of aromatic nitrogens is 5. The van der Waals surface area contributed by atoms with E-state index >= 15 is 0 Å². The molecule has 2 aliphatic rings. The summed E-state index contributed by atoms with van der Waals surface area (Å²) in [5.41, 5.74) is 1.54. The Bertz CT molecular complexity index is 775. The third-order valence-electron chi connectivity index (χ3n) is 5.57. The Morgan fingerprint density at radius 2 is 1.74 bits per heavy atom. The summed E-state index contributed by atoms with van der Waals surface area (Å²) in [7, 11) is 0. The lowest BCUT2D eigenvalue weighted by atomic mass is 10.2. The van der Waals surface area contributed by atoms with Crippen LogP contribution in [0.2, 0.25) is 0 Å². The number of piperazine rings is 1. The van der Waals surface area contributed by atoms with Crippen molar-refractivity contribution >= 4 is 22.9 Å². The first-order valence-corrected chi connectivity index (χ1v) is 10.1. The van der Waals surface area contributed by atoms with Crippen LogP contribution in [0.25, 0.3) is 11.2 Å². The van der Waals surface area contributed by atoms with Gasteiger partial charge < -0.3 is 9.80 Å². The van der Waals surface area contributed by atoms with Gasteiger partial charge in [-0.25, -0.2) is 14.6 Å². The highest BCUT2D eigenvalue weighted by Crippen LogP contribution is 2.21. The molecule has 4 rings (SSSR count). The van der Waals surface area contributed by atoms with E-state index in [1.165, 1.54) is 12.8 Å². The molecule has 2 saturated heterocycles. The second-order valence-electron chi connectivity index (χ2n) is 7.33. The number of anilines is 1. The SMILES string of the molecule is CCn1nnc2c(N3CCN(CC(=O)N4CCCCCC4)CC3)ncnc21. The van der Waals surface area contributed by atoms with Gasteiger partial charge in [-0.15, -0.1) is 5.10 Å². The van der Waals surface area contributed by atoms with E-state index in [4.69, 9.17) is 0 Å². The van der Waals surface area contributed by atoms with E-state index < -0.39 is 0 Å². The third kappa shape index (κ3) is 3.87. The fourth-order valence-corrected chi connectivity index (χ4v) is 3.95. The summed E-state index contributed by atoms with van der Waals surface area (Å²) in [6, 6.07) is 0. The Morgan fingerprint density at radius 3 is 2.44 bits per heavy atom. The maximum absolute atomic E-state index is 12.6. The van der Waals surface area contributed by atoms with Gasteiger partial charge >= 0.3 is 0 Å². The number of hydrogen-bond acceptors (Lipinski definition) is 7. The van der Waals surface area contributed by atoms with E-state index in [0.29, 0.717) is 6.54 Å². The number of rotatable bonds is 4. The molecule has 9 nitrogen and oxygen atoms in total. The molecule has 0 unspecified atom stereocenters. The average Bonchev–Trinajstić information content (AvgIpc) is 2.93. The van der Waals surface area contributed by atoms with Crippen molar-refractivity contribution in [3.63, 3.8) is 0 Å². The number of fused-ring (bicyclic) bond motifs is 1. The van der Waals surface area contributed by atoms with Crippen molar-refractivity contribution in [3.8, 4) is 0 Å².